The lowest BCUT2D eigenvalue weighted by atomic mass is 9.87. The summed E-state index contributed by atoms with van der Waals surface area (Å²) in [5.41, 5.74) is 2.89. The molecule has 2 aromatic carbocycles. The van der Waals surface area contributed by atoms with Gasteiger partial charge in [0.25, 0.3) is 0 Å². The number of cyclic esters (lactones) is 1. The molecular weight excluding hydrogens is 305 g/mol. The molecule has 1 heterocycles. The van der Waals surface area contributed by atoms with Gasteiger partial charge in [0, 0.05) is 5.56 Å². The molecule has 0 aliphatic carbocycles. The van der Waals surface area contributed by atoms with Gasteiger partial charge in [0.1, 0.15) is 5.82 Å². The molecule has 1 aliphatic heterocycles. The van der Waals surface area contributed by atoms with Gasteiger partial charge in [-0.2, -0.15) is 0 Å². The Morgan fingerprint density at radius 3 is 2.21 bits per heavy atom. The summed E-state index contributed by atoms with van der Waals surface area (Å²) in [6.07, 6.45) is 1.58. The topological polar surface area (TPSA) is 38.7 Å². The molecule has 0 aromatic heterocycles. The second-order valence-electron chi connectivity index (χ2n) is 6.71. The fourth-order valence-electron chi connectivity index (χ4n) is 2.36. The number of rotatable bonds is 2. The number of carbonyl (C=O) groups is 1. The molecule has 3 rings (SSSR count). The summed E-state index contributed by atoms with van der Waals surface area (Å²) in [4.78, 5) is 16.2. The van der Waals surface area contributed by atoms with Gasteiger partial charge >= 0.3 is 5.97 Å². The molecule has 2 aromatic rings. The van der Waals surface area contributed by atoms with Gasteiger partial charge in [-0.25, -0.2) is 14.2 Å². The van der Waals surface area contributed by atoms with Crippen LogP contribution in [0.2, 0.25) is 0 Å². The number of hydrogen-bond acceptors (Lipinski definition) is 3. The van der Waals surface area contributed by atoms with E-state index in [9.17, 15) is 9.18 Å². The highest BCUT2D eigenvalue weighted by Gasteiger charge is 2.24. The van der Waals surface area contributed by atoms with E-state index in [4.69, 9.17) is 4.74 Å². The summed E-state index contributed by atoms with van der Waals surface area (Å²) in [7, 11) is 0. The van der Waals surface area contributed by atoms with E-state index >= 15 is 0 Å². The van der Waals surface area contributed by atoms with Gasteiger partial charge in [-0.15, -0.1) is 0 Å². The van der Waals surface area contributed by atoms with E-state index in [1.54, 1.807) is 18.2 Å². The molecule has 0 fully saturated rings. The maximum Gasteiger partial charge on any atom is 0.363 e. The Hall–Kier alpha value is -2.75. The van der Waals surface area contributed by atoms with Crippen LogP contribution in [0.5, 0.6) is 0 Å². The number of nitrogens with zero attached hydrogens (tertiary/aromatic N) is 1. The Kier molecular flexibility index (Phi) is 4.06. The monoisotopic (exact) mass is 323 g/mol. The van der Waals surface area contributed by atoms with Crippen molar-refractivity contribution in [1.82, 2.24) is 0 Å². The van der Waals surface area contributed by atoms with Crippen molar-refractivity contribution in [3.63, 3.8) is 0 Å². The van der Waals surface area contributed by atoms with Gasteiger partial charge < -0.3 is 4.74 Å². The smallest absolute Gasteiger partial charge is 0.363 e. The first-order valence-electron chi connectivity index (χ1n) is 7.72. The van der Waals surface area contributed by atoms with Crippen LogP contribution in [0.4, 0.5) is 4.39 Å². The van der Waals surface area contributed by atoms with Crippen LogP contribution in [-0.4, -0.2) is 11.9 Å². The Labute approximate surface area is 140 Å². The predicted molar refractivity (Wildman–Crippen MR) is 92.1 cm³/mol. The number of ether oxygens (including phenoxy) is 1. The highest BCUT2D eigenvalue weighted by Crippen LogP contribution is 2.24. The number of aliphatic imine (C=N–C) groups is 1. The van der Waals surface area contributed by atoms with E-state index in [2.05, 4.69) is 25.8 Å². The van der Waals surface area contributed by atoms with Crippen LogP contribution >= 0.6 is 0 Å². The summed E-state index contributed by atoms with van der Waals surface area (Å²) in [5.74, 6) is -0.544. The van der Waals surface area contributed by atoms with Gasteiger partial charge in [0.15, 0.2) is 5.70 Å². The van der Waals surface area contributed by atoms with Gasteiger partial charge in [0.2, 0.25) is 5.90 Å². The lowest BCUT2D eigenvalue weighted by Gasteiger charge is -2.18. The van der Waals surface area contributed by atoms with Gasteiger partial charge in [-0.1, -0.05) is 45.0 Å². The molecule has 0 radical (unpaired) electrons. The van der Waals surface area contributed by atoms with E-state index in [0.717, 1.165) is 5.56 Å². The predicted octanol–water partition coefficient (Wildman–Crippen LogP) is 4.47. The summed E-state index contributed by atoms with van der Waals surface area (Å²) >= 11 is 0. The summed E-state index contributed by atoms with van der Waals surface area (Å²) in [6.45, 7) is 6.41. The van der Waals surface area contributed by atoms with E-state index in [1.807, 2.05) is 24.3 Å². The van der Waals surface area contributed by atoms with Crippen LogP contribution in [0.1, 0.15) is 37.5 Å². The van der Waals surface area contributed by atoms with Crippen molar-refractivity contribution in [1.29, 1.82) is 0 Å². The van der Waals surface area contributed by atoms with Gasteiger partial charge in [-0.3, -0.25) is 0 Å². The van der Waals surface area contributed by atoms with Crippen molar-refractivity contribution in [2.75, 3.05) is 0 Å². The molecule has 0 saturated carbocycles. The number of esters is 1. The van der Waals surface area contributed by atoms with Crippen molar-refractivity contribution in [3.05, 3.63) is 76.7 Å². The van der Waals surface area contributed by atoms with Crippen LogP contribution in [0, 0.1) is 5.82 Å². The minimum absolute atomic E-state index is 0.0559. The maximum atomic E-state index is 12.9. The number of hydrogen-bond donors (Lipinski definition) is 0. The molecule has 0 amide bonds. The normalized spacial score (nSPS) is 16.2. The zero-order valence-electron chi connectivity index (χ0n) is 13.8. The Morgan fingerprint density at radius 2 is 1.62 bits per heavy atom. The molecule has 0 saturated heterocycles. The van der Waals surface area contributed by atoms with E-state index in [0.29, 0.717) is 5.56 Å². The number of halogens is 1. The third kappa shape index (κ3) is 3.43. The molecule has 4 heteroatoms. The molecule has 1 aliphatic rings. The van der Waals surface area contributed by atoms with Crippen LogP contribution in [0.3, 0.4) is 0 Å². The Bertz CT molecular complexity index is 825. The minimum Gasteiger partial charge on any atom is -0.402 e. The fraction of sp³-hybridized carbons (Fsp3) is 0.200. The first-order valence-corrected chi connectivity index (χ1v) is 7.72. The summed E-state index contributed by atoms with van der Waals surface area (Å²) in [5, 5.41) is 0. The molecule has 0 spiro atoms. The minimum atomic E-state index is -0.505. The fourth-order valence-corrected chi connectivity index (χ4v) is 2.36. The molecule has 0 unspecified atom stereocenters. The summed E-state index contributed by atoms with van der Waals surface area (Å²) in [6, 6.07) is 13.6. The average Bonchev–Trinajstić information content (AvgIpc) is 2.90. The second kappa shape index (κ2) is 6.04. The largest absolute Gasteiger partial charge is 0.402 e. The van der Waals surface area contributed by atoms with Crippen molar-refractivity contribution < 1.29 is 13.9 Å². The number of benzene rings is 2. The highest BCUT2D eigenvalue weighted by atomic mass is 19.1. The molecule has 0 N–H and O–H groups in total. The SMILES string of the molecule is CC(C)(C)c1ccc(C2=N/C(=C/c3ccc(F)cc3)C(=O)O2)cc1. The van der Waals surface area contributed by atoms with Gasteiger partial charge in [0.05, 0.1) is 0 Å². The zero-order chi connectivity index (χ0) is 17.3. The number of carbonyl (C=O) groups excluding carboxylic acids is 1. The lowest BCUT2D eigenvalue weighted by molar-refractivity contribution is -0.129. The Balaban J connectivity index is 1.87. The van der Waals surface area contributed by atoms with E-state index in [-0.39, 0.29) is 22.8 Å². The molecular formula is C20H18FNO2. The molecule has 0 bridgehead atoms. The lowest BCUT2D eigenvalue weighted by Crippen LogP contribution is -2.11. The summed E-state index contributed by atoms with van der Waals surface area (Å²) < 4.78 is 18.2. The third-order valence-electron chi connectivity index (χ3n) is 3.79. The van der Waals surface area contributed by atoms with Crippen molar-refractivity contribution in [3.8, 4) is 0 Å². The highest BCUT2D eigenvalue weighted by molar-refractivity contribution is 6.12. The molecule has 24 heavy (non-hydrogen) atoms. The van der Waals surface area contributed by atoms with Crippen LogP contribution in [-0.2, 0) is 14.9 Å². The van der Waals surface area contributed by atoms with Gasteiger partial charge in [-0.05, 0) is 46.9 Å². The zero-order valence-corrected chi connectivity index (χ0v) is 13.8. The maximum absolute atomic E-state index is 12.9. The third-order valence-corrected chi connectivity index (χ3v) is 3.79. The van der Waals surface area contributed by atoms with Crippen LogP contribution < -0.4 is 0 Å². The van der Waals surface area contributed by atoms with Crippen molar-refractivity contribution >= 4 is 17.9 Å². The molecule has 0 atom stereocenters. The van der Waals surface area contributed by atoms with Crippen molar-refractivity contribution in [2.45, 2.75) is 26.2 Å². The van der Waals surface area contributed by atoms with Crippen LogP contribution in [0.15, 0.2) is 59.2 Å². The first kappa shape index (κ1) is 16.1. The Morgan fingerprint density at radius 1 is 1.00 bits per heavy atom. The van der Waals surface area contributed by atoms with E-state index in [1.165, 1.54) is 17.7 Å². The second-order valence-corrected chi connectivity index (χ2v) is 6.71. The molecule has 3 nitrogen and oxygen atoms in total. The molecule has 122 valence electrons. The quantitative estimate of drug-likeness (QED) is 0.604. The average molecular weight is 323 g/mol. The first-order chi connectivity index (χ1) is 11.3. The van der Waals surface area contributed by atoms with E-state index < -0.39 is 5.97 Å². The van der Waals surface area contributed by atoms with Crippen LogP contribution in [0.25, 0.3) is 6.08 Å². The van der Waals surface area contributed by atoms with Crippen molar-refractivity contribution in [2.24, 2.45) is 4.99 Å². The standard InChI is InChI=1S/C20H18FNO2/c1-20(2,3)15-8-6-14(7-9-15)18-22-17(19(23)24-18)12-13-4-10-16(21)11-5-13/h4-12H,1-3H3/b17-12+.